The number of aliphatic hydroxyl groups is 1. The molecule has 0 bridgehead atoms. The molecular formula is C12H22N2O2. The van der Waals surface area contributed by atoms with E-state index in [1.165, 1.54) is 0 Å². The maximum Gasteiger partial charge on any atom is 0.239 e. The molecule has 92 valence electrons. The lowest BCUT2D eigenvalue weighted by Crippen LogP contribution is -2.47. The summed E-state index contributed by atoms with van der Waals surface area (Å²) in [4.78, 5) is 16.0. The van der Waals surface area contributed by atoms with Crippen molar-refractivity contribution < 1.29 is 9.90 Å². The van der Waals surface area contributed by atoms with Crippen molar-refractivity contribution in [3.8, 4) is 0 Å². The maximum atomic E-state index is 12.1. The van der Waals surface area contributed by atoms with E-state index in [-0.39, 0.29) is 18.6 Å². The van der Waals surface area contributed by atoms with Crippen molar-refractivity contribution in [1.82, 2.24) is 9.80 Å². The Hall–Kier alpha value is -0.870. The van der Waals surface area contributed by atoms with Crippen molar-refractivity contribution >= 4 is 5.91 Å². The van der Waals surface area contributed by atoms with Gasteiger partial charge in [0.2, 0.25) is 5.91 Å². The fraction of sp³-hybridized carbons (Fsp3) is 0.750. The molecule has 1 fully saturated rings. The van der Waals surface area contributed by atoms with Crippen LogP contribution in [-0.4, -0.2) is 59.6 Å². The van der Waals surface area contributed by atoms with Crippen LogP contribution in [0, 0.1) is 0 Å². The molecule has 1 amide bonds. The predicted molar refractivity (Wildman–Crippen MR) is 64.1 cm³/mol. The fourth-order valence-corrected chi connectivity index (χ4v) is 2.23. The predicted octanol–water partition coefficient (Wildman–Crippen LogP) is 0.476. The molecule has 0 aliphatic carbocycles. The van der Waals surface area contributed by atoms with Crippen LogP contribution in [0.2, 0.25) is 0 Å². The average molecular weight is 226 g/mol. The first-order valence-corrected chi connectivity index (χ1v) is 5.84. The van der Waals surface area contributed by atoms with Gasteiger partial charge in [0, 0.05) is 32.8 Å². The van der Waals surface area contributed by atoms with Gasteiger partial charge < -0.3 is 10.0 Å². The van der Waals surface area contributed by atoms with Crippen molar-refractivity contribution in [2.75, 3.05) is 26.7 Å². The zero-order chi connectivity index (χ0) is 12.1. The lowest BCUT2D eigenvalue weighted by molar-refractivity contribution is -0.134. The second kappa shape index (κ2) is 6.01. The first kappa shape index (κ1) is 13.2. The number of amides is 1. The third-order valence-electron chi connectivity index (χ3n) is 3.25. The standard InChI is InChI=1S/C12H22N2O2/c1-4-7-14-10(2)5-8-13(3)12(16)11(14)6-9-15/h4,10-11,15H,1,5-9H2,2-3H3. The van der Waals surface area contributed by atoms with Crippen molar-refractivity contribution in [2.45, 2.75) is 31.8 Å². The van der Waals surface area contributed by atoms with Crippen LogP contribution in [-0.2, 0) is 4.79 Å². The van der Waals surface area contributed by atoms with Crippen LogP contribution < -0.4 is 0 Å². The molecule has 0 saturated carbocycles. The number of rotatable bonds is 4. The molecule has 0 aromatic carbocycles. The summed E-state index contributed by atoms with van der Waals surface area (Å²) in [6.07, 6.45) is 3.29. The molecule has 0 aromatic heterocycles. The van der Waals surface area contributed by atoms with Gasteiger partial charge in [0.15, 0.2) is 0 Å². The summed E-state index contributed by atoms with van der Waals surface area (Å²) >= 11 is 0. The van der Waals surface area contributed by atoms with Gasteiger partial charge in [0.25, 0.3) is 0 Å². The van der Waals surface area contributed by atoms with Gasteiger partial charge in [-0.05, 0) is 19.8 Å². The number of hydrogen-bond donors (Lipinski definition) is 1. The Morgan fingerprint density at radius 2 is 2.31 bits per heavy atom. The molecule has 1 heterocycles. The first-order chi connectivity index (χ1) is 7.61. The lowest BCUT2D eigenvalue weighted by Gasteiger charge is -2.32. The summed E-state index contributed by atoms with van der Waals surface area (Å²) < 4.78 is 0. The van der Waals surface area contributed by atoms with Crippen LogP contribution in [0.4, 0.5) is 0 Å². The monoisotopic (exact) mass is 226 g/mol. The smallest absolute Gasteiger partial charge is 0.239 e. The Morgan fingerprint density at radius 3 is 2.88 bits per heavy atom. The zero-order valence-corrected chi connectivity index (χ0v) is 10.2. The minimum absolute atomic E-state index is 0.0462. The highest BCUT2D eigenvalue weighted by Crippen LogP contribution is 2.18. The Balaban J connectivity index is 2.87. The van der Waals surface area contributed by atoms with Crippen molar-refractivity contribution in [3.05, 3.63) is 12.7 Å². The average Bonchev–Trinajstić information content (AvgIpc) is 2.36. The van der Waals surface area contributed by atoms with Gasteiger partial charge in [-0.1, -0.05) is 6.08 Å². The van der Waals surface area contributed by atoms with E-state index in [0.29, 0.717) is 19.0 Å². The second-order valence-corrected chi connectivity index (χ2v) is 4.41. The number of likely N-dealkylation sites (N-methyl/N-ethyl adjacent to an activating group) is 1. The highest BCUT2D eigenvalue weighted by Gasteiger charge is 2.33. The summed E-state index contributed by atoms with van der Waals surface area (Å²) in [6.45, 7) is 7.39. The van der Waals surface area contributed by atoms with Crippen LogP contribution >= 0.6 is 0 Å². The van der Waals surface area contributed by atoms with Gasteiger partial charge in [-0.2, -0.15) is 0 Å². The number of aliphatic hydroxyl groups excluding tert-OH is 1. The highest BCUT2D eigenvalue weighted by atomic mass is 16.3. The third-order valence-corrected chi connectivity index (χ3v) is 3.25. The maximum absolute atomic E-state index is 12.1. The van der Waals surface area contributed by atoms with Crippen molar-refractivity contribution in [2.24, 2.45) is 0 Å². The lowest BCUT2D eigenvalue weighted by atomic mass is 10.1. The fourth-order valence-electron chi connectivity index (χ4n) is 2.23. The van der Waals surface area contributed by atoms with Crippen LogP contribution in [0.3, 0.4) is 0 Å². The second-order valence-electron chi connectivity index (χ2n) is 4.41. The van der Waals surface area contributed by atoms with E-state index in [2.05, 4.69) is 18.4 Å². The molecule has 1 aliphatic rings. The Kier molecular flexibility index (Phi) is 4.96. The summed E-state index contributed by atoms with van der Waals surface area (Å²) in [5.74, 6) is 0.111. The van der Waals surface area contributed by atoms with E-state index in [9.17, 15) is 4.79 Å². The van der Waals surface area contributed by atoms with Gasteiger partial charge >= 0.3 is 0 Å². The summed E-state index contributed by atoms with van der Waals surface area (Å²) in [5, 5.41) is 9.06. The van der Waals surface area contributed by atoms with Crippen LogP contribution in [0.1, 0.15) is 19.8 Å². The quantitative estimate of drug-likeness (QED) is 0.709. The van der Waals surface area contributed by atoms with Crippen LogP contribution in [0.25, 0.3) is 0 Å². The molecule has 2 atom stereocenters. The van der Waals surface area contributed by atoms with Gasteiger partial charge in [0.05, 0.1) is 6.04 Å². The minimum Gasteiger partial charge on any atom is -0.396 e. The van der Waals surface area contributed by atoms with E-state index in [1.807, 2.05) is 13.1 Å². The molecule has 4 heteroatoms. The minimum atomic E-state index is -0.203. The Bertz CT molecular complexity index is 255. The number of carbonyl (C=O) groups is 1. The normalized spacial score (nSPS) is 27.9. The molecule has 2 unspecified atom stereocenters. The molecule has 1 aliphatic heterocycles. The molecule has 0 spiro atoms. The third kappa shape index (κ3) is 2.83. The molecule has 0 aromatic rings. The van der Waals surface area contributed by atoms with E-state index < -0.39 is 0 Å². The van der Waals surface area contributed by atoms with Gasteiger partial charge in [-0.3, -0.25) is 9.69 Å². The van der Waals surface area contributed by atoms with Crippen LogP contribution in [0.15, 0.2) is 12.7 Å². The van der Waals surface area contributed by atoms with E-state index in [0.717, 1.165) is 13.0 Å². The van der Waals surface area contributed by atoms with Gasteiger partial charge in [0.1, 0.15) is 0 Å². The Morgan fingerprint density at radius 1 is 1.62 bits per heavy atom. The summed E-state index contributed by atoms with van der Waals surface area (Å²) in [7, 11) is 1.83. The SMILES string of the molecule is C=CCN1C(C)CCN(C)C(=O)C1CCO. The molecule has 1 saturated heterocycles. The molecule has 16 heavy (non-hydrogen) atoms. The van der Waals surface area contributed by atoms with Gasteiger partial charge in [-0.25, -0.2) is 0 Å². The van der Waals surface area contributed by atoms with E-state index in [1.54, 1.807) is 4.90 Å². The molecule has 1 rings (SSSR count). The van der Waals surface area contributed by atoms with Gasteiger partial charge in [-0.15, -0.1) is 6.58 Å². The van der Waals surface area contributed by atoms with Crippen LogP contribution in [0.5, 0.6) is 0 Å². The summed E-state index contributed by atoms with van der Waals surface area (Å²) in [6, 6.07) is 0.147. The molecule has 4 nitrogen and oxygen atoms in total. The van der Waals surface area contributed by atoms with E-state index in [4.69, 9.17) is 5.11 Å². The number of carbonyl (C=O) groups excluding carboxylic acids is 1. The molecule has 1 N–H and O–H groups in total. The number of hydrogen-bond acceptors (Lipinski definition) is 3. The first-order valence-electron chi connectivity index (χ1n) is 5.84. The van der Waals surface area contributed by atoms with Crippen molar-refractivity contribution in [3.63, 3.8) is 0 Å². The molecule has 0 radical (unpaired) electrons. The molecular weight excluding hydrogens is 204 g/mol. The largest absolute Gasteiger partial charge is 0.396 e. The van der Waals surface area contributed by atoms with Crippen molar-refractivity contribution in [1.29, 1.82) is 0 Å². The zero-order valence-electron chi connectivity index (χ0n) is 10.2. The highest BCUT2D eigenvalue weighted by molar-refractivity contribution is 5.82. The Labute approximate surface area is 97.5 Å². The topological polar surface area (TPSA) is 43.8 Å². The summed E-state index contributed by atoms with van der Waals surface area (Å²) in [5.41, 5.74) is 0. The van der Waals surface area contributed by atoms with E-state index >= 15 is 0 Å². The number of nitrogens with zero attached hydrogens (tertiary/aromatic N) is 2.